The van der Waals surface area contributed by atoms with E-state index in [4.69, 9.17) is 0 Å². The van der Waals surface area contributed by atoms with Crippen LogP contribution in [0.3, 0.4) is 0 Å². The molecule has 3 aromatic rings. The standard InChI is InChI=1S/C16H17N5OS/c1-3-12-7-4-6-11(2)14(12)18-13(22)10-23-16-20-19-15-17-8-5-9-21(15)16/h4-9H,3,10H2,1-2H3,(H,18,22). The van der Waals surface area contributed by atoms with Gasteiger partial charge in [-0.25, -0.2) is 4.98 Å². The summed E-state index contributed by atoms with van der Waals surface area (Å²) in [5.74, 6) is 0.745. The van der Waals surface area contributed by atoms with E-state index >= 15 is 0 Å². The minimum Gasteiger partial charge on any atom is -0.325 e. The van der Waals surface area contributed by atoms with Crippen molar-refractivity contribution in [2.45, 2.75) is 25.4 Å². The van der Waals surface area contributed by atoms with E-state index in [1.807, 2.05) is 31.3 Å². The van der Waals surface area contributed by atoms with Crippen LogP contribution in [0.15, 0.2) is 41.8 Å². The third kappa shape index (κ3) is 3.34. The van der Waals surface area contributed by atoms with Crippen molar-refractivity contribution >= 4 is 29.1 Å². The first-order valence-electron chi connectivity index (χ1n) is 7.36. The fraction of sp³-hybridized carbons (Fsp3) is 0.250. The highest BCUT2D eigenvalue weighted by Gasteiger charge is 2.12. The van der Waals surface area contributed by atoms with Gasteiger partial charge >= 0.3 is 0 Å². The Morgan fingerprint density at radius 1 is 1.30 bits per heavy atom. The lowest BCUT2D eigenvalue weighted by molar-refractivity contribution is -0.113. The normalized spacial score (nSPS) is 10.9. The SMILES string of the molecule is CCc1cccc(C)c1NC(=O)CSc1nnc2ncccn12. The molecule has 1 N–H and O–H groups in total. The Morgan fingerprint density at radius 2 is 2.17 bits per heavy atom. The predicted molar refractivity (Wildman–Crippen MR) is 90.7 cm³/mol. The van der Waals surface area contributed by atoms with Gasteiger partial charge in [0.25, 0.3) is 5.78 Å². The summed E-state index contributed by atoms with van der Waals surface area (Å²) in [6.07, 6.45) is 4.37. The number of fused-ring (bicyclic) bond motifs is 1. The molecule has 0 aliphatic heterocycles. The van der Waals surface area contributed by atoms with Gasteiger partial charge in [-0.05, 0) is 30.5 Å². The zero-order valence-corrected chi connectivity index (χ0v) is 13.8. The number of carbonyl (C=O) groups is 1. The molecule has 7 heteroatoms. The Morgan fingerprint density at radius 3 is 3.00 bits per heavy atom. The molecule has 0 fully saturated rings. The van der Waals surface area contributed by atoms with Gasteiger partial charge in [-0.1, -0.05) is 36.9 Å². The third-order valence-electron chi connectivity index (χ3n) is 3.49. The zero-order valence-electron chi connectivity index (χ0n) is 13.0. The maximum Gasteiger partial charge on any atom is 0.255 e. The van der Waals surface area contributed by atoms with E-state index in [-0.39, 0.29) is 11.7 Å². The molecule has 6 nitrogen and oxygen atoms in total. The molecule has 2 heterocycles. The van der Waals surface area contributed by atoms with Crippen molar-refractivity contribution in [1.29, 1.82) is 0 Å². The molecule has 0 radical (unpaired) electrons. The molecule has 0 atom stereocenters. The van der Waals surface area contributed by atoms with Crippen LogP contribution in [0.4, 0.5) is 5.69 Å². The lowest BCUT2D eigenvalue weighted by Gasteiger charge is -2.12. The molecule has 23 heavy (non-hydrogen) atoms. The van der Waals surface area contributed by atoms with Gasteiger partial charge in [-0.2, -0.15) is 0 Å². The number of hydrogen-bond donors (Lipinski definition) is 1. The summed E-state index contributed by atoms with van der Waals surface area (Å²) in [7, 11) is 0. The number of carbonyl (C=O) groups excluding carboxylic acids is 1. The number of thioether (sulfide) groups is 1. The molecule has 0 saturated carbocycles. The van der Waals surface area contributed by atoms with Crippen LogP contribution in [0.25, 0.3) is 5.78 Å². The van der Waals surface area contributed by atoms with Crippen LogP contribution in [0.5, 0.6) is 0 Å². The number of para-hydroxylation sites is 1. The molecular formula is C16H17N5OS. The highest BCUT2D eigenvalue weighted by Crippen LogP contribution is 2.22. The van der Waals surface area contributed by atoms with Crippen molar-refractivity contribution in [2.75, 3.05) is 11.1 Å². The zero-order chi connectivity index (χ0) is 16.2. The molecule has 0 aliphatic rings. The average molecular weight is 327 g/mol. The van der Waals surface area contributed by atoms with Gasteiger partial charge in [0.15, 0.2) is 5.16 Å². The topological polar surface area (TPSA) is 72.2 Å². The van der Waals surface area contributed by atoms with E-state index in [0.717, 1.165) is 23.2 Å². The first-order chi connectivity index (χ1) is 11.2. The molecule has 1 amide bonds. The lowest BCUT2D eigenvalue weighted by Crippen LogP contribution is -2.16. The van der Waals surface area contributed by atoms with Crippen LogP contribution >= 0.6 is 11.8 Å². The monoisotopic (exact) mass is 327 g/mol. The van der Waals surface area contributed by atoms with Gasteiger partial charge < -0.3 is 5.32 Å². The van der Waals surface area contributed by atoms with Crippen LogP contribution in [0.2, 0.25) is 0 Å². The number of anilines is 1. The average Bonchev–Trinajstić information content (AvgIpc) is 2.98. The van der Waals surface area contributed by atoms with Crippen LogP contribution in [-0.2, 0) is 11.2 Å². The van der Waals surface area contributed by atoms with Crippen molar-refractivity contribution in [1.82, 2.24) is 19.6 Å². The minimum atomic E-state index is -0.0559. The second-order valence-electron chi connectivity index (χ2n) is 5.07. The molecular weight excluding hydrogens is 310 g/mol. The summed E-state index contributed by atoms with van der Waals surface area (Å²) < 4.78 is 1.77. The molecule has 0 bridgehead atoms. The molecule has 0 spiro atoms. The third-order valence-corrected chi connectivity index (χ3v) is 4.44. The summed E-state index contributed by atoms with van der Waals surface area (Å²) in [6, 6.07) is 7.85. The number of amides is 1. The Balaban J connectivity index is 1.69. The van der Waals surface area contributed by atoms with E-state index in [1.165, 1.54) is 11.8 Å². The van der Waals surface area contributed by atoms with E-state index < -0.39 is 0 Å². The number of rotatable bonds is 5. The Labute approximate surface area is 138 Å². The van der Waals surface area contributed by atoms with E-state index in [1.54, 1.807) is 16.7 Å². The van der Waals surface area contributed by atoms with Gasteiger partial charge in [0, 0.05) is 18.1 Å². The molecule has 0 aliphatic carbocycles. The molecule has 2 aromatic heterocycles. The van der Waals surface area contributed by atoms with Gasteiger partial charge in [-0.3, -0.25) is 9.20 Å². The number of benzene rings is 1. The number of aromatic nitrogens is 4. The van der Waals surface area contributed by atoms with E-state index in [9.17, 15) is 4.79 Å². The van der Waals surface area contributed by atoms with Gasteiger partial charge in [0.2, 0.25) is 5.91 Å². The second-order valence-corrected chi connectivity index (χ2v) is 6.01. The summed E-state index contributed by atoms with van der Waals surface area (Å²) in [6.45, 7) is 4.08. The second kappa shape index (κ2) is 6.78. The fourth-order valence-electron chi connectivity index (χ4n) is 2.33. The van der Waals surface area contributed by atoms with Gasteiger partial charge in [0.1, 0.15) is 0 Å². The number of nitrogens with one attached hydrogen (secondary N) is 1. The van der Waals surface area contributed by atoms with Crippen molar-refractivity contribution < 1.29 is 4.79 Å². The van der Waals surface area contributed by atoms with E-state index in [0.29, 0.717) is 10.9 Å². The van der Waals surface area contributed by atoms with Crippen LogP contribution < -0.4 is 5.32 Å². The van der Waals surface area contributed by atoms with Crippen LogP contribution in [0, 0.1) is 6.92 Å². The highest BCUT2D eigenvalue weighted by atomic mass is 32.2. The van der Waals surface area contributed by atoms with Crippen molar-refractivity contribution in [2.24, 2.45) is 0 Å². The summed E-state index contributed by atoms with van der Waals surface area (Å²) >= 11 is 1.34. The van der Waals surface area contributed by atoms with Gasteiger partial charge in [-0.15, -0.1) is 10.2 Å². The first-order valence-corrected chi connectivity index (χ1v) is 8.34. The van der Waals surface area contributed by atoms with Crippen molar-refractivity contribution in [3.63, 3.8) is 0 Å². The minimum absolute atomic E-state index is 0.0559. The fourth-order valence-corrected chi connectivity index (χ4v) is 3.04. The quantitative estimate of drug-likeness (QED) is 0.730. The van der Waals surface area contributed by atoms with Crippen LogP contribution in [-0.4, -0.2) is 31.2 Å². The number of aryl methyl sites for hydroxylation is 2. The molecule has 3 rings (SSSR count). The molecule has 0 unspecified atom stereocenters. The first kappa shape index (κ1) is 15.5. The maximum absolute atomic E-state index is 12.3. The molecule has 118 valence electrons. The summed E-state index contributed by atoms with van der Waals surface area (Å²) in [5.41, 5.74) is 3.12. The smallest absolute Gasteiger partial charge is 0.255 e. The predicted octanol–water partition coefficient (Wildman–Crippen LogP) is 2.73. The number of nitrogens with zero attached hydrogens (tertiary/aromatic N) is 4. The summed E-state index contributed by atoms with van der Waals surface area (Å²) in [4.78, 5) is 16.4. The van der Waals surface area contributed by atoms with Gasteiger partial charge in [0.05, 0.1) is 5.75 Å². The molecule has 0 saturated heterocycles. The lowest BCUT2D eigenvalue weighted by atomic mass is 10.1. The largest absolute Gasteiger partial charge is 0.325 e. The number of hydrogen-bond acceptors (Lipinski definition) is 5. The summed E-state index contributed by atoms with van der Waals surface area (Å²) in [5, 5.41) is 11.7. The van der Waals surface area contributed by atoms with Crippen LogP contribution in [0.1, 0.15) is 18.1 Å². The Bertz CT molecular complexity index is 845. The highest BCUT2D eigenvalue weighted by molar-refractivity contribution is 7.99. The molecule has 1 aromatic carbocycles. The Hall–Kier alpha value is -2.41. The van der Waals surface area contributed by atoms with Crippen molar-refractivity contribution in [3.8, 4) is 0 Å². The maximum atomic E-state index is 12.3. The van der Waals surface area contributed by atoms with E-state index in [2.05, 4.69) is 27.4 Å². The van der Waals surface area contributed by atoms with Crippen molar-refractivity contribution in [3.05, 3.63) is 47.8 Å². The Kier molecular flexibility index (Phi) is 4.57.